The maximum atomic E-state index is 5.87. The van der Waals surface area contributed by atoms with Gasteiger partial charge in [0.1, 0.15) is 22.7 Å². The van der Waals surface area contributed by atoms with Gasteiger partial charge in [0.15, 0.2) is 5.82 Å². The minimum atomic E-state index is 0.394. The molecule has 5 heteroatoms. The Morgan fingerprint density at radius 3 is 2.76 bits per heavy atom. The minimum Gasteiger partial charge on any atom is -0.495 e. The van der Waals surface area contributed by atoms with Crippen LogP contribution in [0.4, 0.5) is 0 Å². The van der Waals surface area contributed by atoms with E-state index in [1.165, 1.54) is 0 Å². The van der Waals surface area contributed by atoms with E-state index in [0.717, 1.165) is 33.0 Å². The number of ether oxygens (including phenoxy) is 2. The molecule has 0 N–H and O–H groups in total. The molecule has 3 aromatic rings. The zero-order valence-corrected chi connectivity index (χ0v) is 13.4. The minimum absolute atomic E-state index is 0.394. The van der Waals surface area contributed by atoms with Crippen LogP contribution < -0.4 is 9.47 Å². The summed E-state index contributed by atoms with van der Waals surface area (Å²) in [7, 11) is 1.65. The molecule has 21 heavy (non-hydrogen) atoms. The third kappa shape index (κ3) is 2.74. The Morgan fingerprint density at radius 1 is 1.19 bits per heavy atom. The van der Waals surface area contributed by atoms with Gasteiger partial charge in [0, 0.05) is 0 Å². The summed E-state index contributed by atoms with van der Waals surface area (Å²) in [5, 5.41) is 0. The molecule has 0 radical (unpaired) electrons. The van der Waals surface area contributed by atoms with Gasteiger partial charge in [0.25, 0.3) is 0 Å². The number of imidazole rings is 1. The fraction of sp³-hybridized carbons (Fsp3) is 0.188. The monoisotopic (exact) mass is 346 g/mol. The van der Waals surface area contributed by atoms with Gasteiger partial charge >= 0.3 is 0 Å². The second-order valence-corrected chi connectivity index (χ2v) is 5.45. The molecule has 2 aromatic heterocycles. The average molecular weight is 347 g/mol. The Bertz CT molecular complexity index is 783. The molecule has 1 aromatic carbocycles. The molecular formula is C16H15BrN2O2. The number of pyridine rings is 1. The van der Waals surface area contributed by atoms with Crippen LogP contribution in [-0.4, -0.2) is 16.5 Å². The van der Waals surface area contributed by atoms with Gasteiger partial charge in [-0.15, -0.1) is 0 Å². The van der Waals surface area contributed by atoms with E-state index in [2.05, 4.69) is 20.9 Å². The predicted molar refractivity (Wildman–Crippen MR) is 85.0 cm³/mol. The van der Waals surface area contributed by atoms with E-state index in [4.69, 9.17) is 9.47 Å². The maximum Gasteiger partial charge on any atom is 0.152 e. The number of benzene rings is 1. The second-order valence-electron chi connectivity index (χ2n) is 4.70. The highest BCUT2D eigenvalue weighted by Crippen LogP contribution is 2.24. The largest absolute Gasteiger partial charge is 0.495 e. The fourth-order valence-corrected chi connectivity index (χ4v) is 2.70. The van der Waals surface area contributed by atoms with Crippen molar-refractivity contribution in [1.82, 2.24) is 9.38 Å². The van der Waals surface area contributed by atoms with Gasteiger partial charge in [-0.1, -0.05) is 18.2 Å². The van der Waals surface area contributed by atoms with Gasteiger partial charge in [-0.05, 0) is 46.6 Å². The molecule has 0 saturated carbocycles. The summed E-state index contributed by atoms with van der Waals surface area (Å²) in [4.78, 5) is 4.51. The van der Waals surface area contributed by atoms with Crippen molar-refractivity contribution in [3.8, 4) is 11.5 Å². The van der Waals surface area contributed by atoms with E-state index in [0.29, 0.717) is 6.61 Å². The van der Waals surface area contributed by atoms with Crippen LogP contribution in [0.25, 0.3) is 5.52 Å². The highest BCUT2D eigenvalue weighted by molar-refractivity contribution is 9.10. The first kappa shape index (κ1) is 13.9. The molecule has 0 bridgehead atoms. The lowest BCUT2D eigenvalue weighted by atomic mass is 10.2. The molecule has 0 spiro atoms. The van der Waals surface area contributed by atoms with Crippen molar-refractivity contribution < 1.29 is 9.47 Å². The summed E-state index contributed by atoms with van der Waals surface area (Å²) in [5.41, 5.74) is 2.09. The molecule has 0 aliphatic carbocycles. The van der Waals surface area contributed by atoms with Crippen molar-refractivity contribution in [2.75, 3.05) is 7.11 Å². The number of para-hydroxylation sites is 1. The molecule has 4 nitrogen and oxygen atoms in total. The Hall–Kier alpha value is -2.01. The summed E-state index contributed by atoms with van der Waals surface area (Å²) in [6, 6.07) is 11.8. The molecule has 0 atom stereocenters. The van der Waals surface area contributed by atoms with E-state index in [9.17, 15) is 0 Å². The molecule has 108 valence electrons. The number of halogens is 1. The third-order valence-electron chi connectivity index (χ3n) is 3.32. The lowest BCUT2D eigenvalue weighted by Crippen LogP contribution is -2.02. The molecule has 0 fully saturated rings. The molecule has 2 heterocycles. The van der Waals surface area contributed by atoms with Gasteiger partial charge in [0.05, 0.1) is 18.8 Å². The first-order chi connectivity index (χ1) is 10.2. The van der Waals surface area contributed by atoms with Gasteiger partial charge in [-0.25, -0.2) is 4.98 Å². The molecule has 3 rings (SSSR count). The molecule has 0 saturated heterocycles. The molecule has 0 aliphatic rings. The first-order valence-electron chi connectivity index (χ1n) is 6.58. The van der Waals surface area contributed by atoms with Gasteiger partial charge in [0.2, 0.25) is 0 Å². The Kier molecular flexibility index (Phi) is 3.84. The van der Waals surface area contributed by atoms with Crippen LogP contribution in [0.5, 0.6) is 11.5 Å². The number of aryl methyl sites for hydroxylation is 1. The van der Waals surface area contributed by atoms with Crippen molar-refractivity contribution in [2.24, 2.45) is 0 Å². The van der Waals surface area contributed by atoms with Crippen LogP contribution in [0.3, 0.4) is 0 Å². The van der Waals surface area contributed by atoms with E-state index in [1.54, 1.807) is 7.11 Å². The van der Waals surface area contributed by atoms with E-state index in [-0.39, 0.29) is 0 Å². The van der Waals surface area contributed by atoms with Crippen LogP contribution in [-0.2, 0) is 6.61 Å². The SMILES string of the molecule is COc1ccc2c(Br)nc(COc3ccccc3C)n2c1. The normalized spacial score (nSPS) is 10.8. The molecule has 0 unspecified atom stereocenters. The second kappa shape index (κ2) is 5.77. The van der Waals surface area contributed by atoms with Crippen LogP contribution in [0.1, 0.15) is 11.4 Å². The molecule has 0 amide bonds. The van der Waals surface area contributed by atoms with Crippen LogP contribution >= 0.6 is 15.9 Å². The summed E-state index contributed by atoms with van der Waals surface area (Å²) in [5.74, 6) is 2.47. The number of methoxy groups -OCH3 is 1. The summed E-state index contributed by atoms with van der Waals surface area (Å²) in [6.45, 7) is 2.42. The Morgan fingerprint density at radius 2 is 2.00 bits per heavy atom. The van der Waals surface area contributed by atoms with E-state index in [1.807, 2.05) is 53.9 Å². The highest BCUT2D eigenvalue weighted by atomic mass is 79.9. The lowest BCUT2D eigenvalue weighted by Gasteiger charge is -2.08. The van der Waals surface area contributed by atoms with Crippen LogP contribution in [0, 0.1) is 6.92 Å². The topological polar surface area (TPSA) is 35.8 Å². The van der Waals surface area contributed by atoms with E-state index < -0.39 is 0 Å². The molecule has 0 aliphatic heterocycles. The van der Waals surface area contributed by atoms with Crippen LogP contribution in [0.15, 0.2) is 47.2 Å². The zero-order chi connectivity index (χ0) is 14.8. The Balaban J connectivity index is 1.92. The summed E-state index contributed by atoms with van der Waals surface area (Å²) < 4.78 is 13.9. The van der Waals surface area contributed by atoms with Crippen molar-refractivity contribution in [2.45, 2.75) is 13.5 Å². The van der Waals surface area contributed by atoms with Gasteiger partial charge in [-0.3, -0.25) is 4.40 Å². The van der Waals surface area contributed by atoms with Crippen molar-refractivity contribution >= 4 is 21.4 Å². The highest BCUT2D eigenvalue weighted by Gasteiger charge is 2.11. The Labute approximate surface area is 131 Å². The fourth-order valence-electron chi connectivity index (χ4n) is 2.17. The quantitative estimate of drug-likeness (QED) is 0.716. The maximum absolute atomic E-state index is 5.87. The smallest absolute Gasteiger partial charge is 0.152 e. The first-order valence-corrected chi connectivity index (χ1v) is 7.37. The zero-order valence-electron chi connectivity index (χ0n) is 11.8. The number of fused-ring (bicyclic) bond motifs is 1. The van der Waals surface area contributed by atoms with Gasteiger partial charge in [-0.2, -0.15) is 0 Å². The van der Waals surface area contributed by atoms with Crippen molar-refractivity contribution in [1.29, 1.82) is 0 Å². The number of hydrogen-bond donors (Lipinski definition) is 0. The number of aromatic nitrogens is 2. The predicted octanol–water partition coefficient (Wildman–Crippen LogP) is 3.99. The standard InChI is InChI=1S/C16H15BrN2O2/c1-11-5-3-4-6-14(11)21-10-15-18-16(17)13-8-7-12(20-2)9-19(13)15/h3-9H,10H2,1-2H3. The lowest BCUT2D eigenvalue weighted by molar-refractivity contribution is 0.293. The van der Waals surface area contributed by atoms with Crippen molar-refractivity contribution in [3.05, 3.63) is 58.6 Å². The summed E-state index contributed by atoms with van der Waals surface area (Å²) >= 11 is 3.48. The van der Waals surface area contributed by atoms with Crippen LogP contribution in [0.2, 0.25) is 0 Å². The van der Waals surface area contributed by atoms with Crippen molar-refractivity contribution in [3.63, 3.8) is 0 Å². The average Bonchev–Trinajstić information content (AvgIpc) is 2.82. The van der Waals surface area contributed by atoms with Gasteiger partial charge < -0.3 is 9.47 Å². The third-order valence-corrected chi connectivity index (χ3v) is 3.91. The molecular weight excluding hydrogens is 332 g/mol. The number of nitrogens with zero attached hydrogens (tertiary/aromatic N) is 2. The van der Waals surface area contributed by atoms with E-state index >= 15 is 0 Å². The summed E-state index contributed by atoms with van der Waals surface area (Å²) in [6.07, 6.45) is 1.91. The number of hydrogen-bond acceptors (Lipinski definition) is 3. The number of rotatable bonds is 4.